The van der Waals surface area contributed by atoms with Gasteiger partial charge in [0.2, 0.25) is 0 Å². The normalized spacial score (nSPS) is 11.1. The molecule has 0 aliphatic rings. The van der Waals surface area contributed by atoms with Crippen molar-refractivity contribution >= 4 is 37.6 Å². The van der Waals surface area contributed by atoms with Crippen LogP contribution in [0.4, 0.5) is 10.1 Å². The monoisotopic (exact) mass is 375 g/mol. The highest BCUT2D eigenvalue weighted by molar-refractivity contribution is 9.10. The summed E-state index contributed by atoms with van der Waals surface area (Å²) in [6, 6.07) is 3.46. The Morgan fingerprint density at radius 1 is 1.29 bits per heavy atom. The first-order valence-corrected chi connectivity index (χ1v) is 7.60. The highest BCUT2D eigenvalue weighted by atomic mass is 79.9. The highest BCUT2D eigenvalue weighted by Gasteiger charge is 2.18. The van der Waals surface area contributed by atoms with E-state index in [1.165, 1.54) is 18.3 Å². The number of carbonyl (C=O) groups is 1. The highest BCUT2D eigenvalue weighted by Crippen LogP contribution is 2.17. The molecule has 2 N–H and O–H groups in total. The third-order valence-electron chi connectivity index (χ3n) is 2.27. The molecular formula is C11H7BrFN3O4S. The Morgan fingerprint density at radius 2 is 2.00 bits per heavy atom. The molecule has 0 aliphatic heterocycles. The van der Waals surface area contributed by atoms with Crippen molar-refractivity contribution in [3.63, 3.8) is 0 Å². The molecule has 0 aliphatic carbocycles. The molecule has 110 valence electrons. The van der Waals surface area contributed by atoms with Gasteiger partial charge in [0.15, 0.2) is 16.5 Å². The fraction of sp³-hybridized carbons (Fsp3) is 0. The van der Waals surface area contributed by atoms with E-state index in [1.54, 1.807) is 0 Å². The smallest absolute Gasteiger partial charge is 0.357 e. The second kappa shape index (κ2) is 5.74. The van der Waals surface area contributed by atoms with E-state index in [2.05, 4.69) is 30.6 Å². The van der Waals surface area contributed by atoms with Crippen LogP contribution in [0.5, 0.6) is 0 Å². The summed E-state index contributed by atoms with van der Waals surface area (Å²) in [6.07, 6.45) is 2.20. The lowest BCUT2D eigenvalue weighted by atomic mass is 10.3. The Morgan fingerprint density at radius 3 is 2.52 bits per heavy atom. The van der Waals surface area contributed by atoms with Gasteiger partial charge in [-0.2, -0.15) is 8.42 Å². The van der Waals surface area contributed by atoms with Crippen LogP contribution in [-0.4, -0.2) is 29.5 Å². The molecule has 0 unspecified atom stereocenters. The second-order valence-electron chi connectivity index (χ2n) is 3.78. The van der Waals surface area contributed by atoms with Crippen LogP contribution in [0.2, 0.25) is 0 Å². The summed E-state index contributed by atoms with van der Waals surface area (Å²) in [5.41, 5.74) is -0.998. The average molecular weight is 376 g/mol. The van der Waals surface area contributed by atoms with E-state index < -0.39 is 27.5 Å². The van der Waals surface area contributed by atoms with Crippen LogP contribution in [-0.2, 0) is 10.0 Å². The Kier molecular flexibility index (Phi) is 4.19. The lowest BCUT2D eigenvalue weighted by Crippen LogP contribution is -2.15. The summed E-state index contributed by atoms with van der Waals surface area (Å²) in [4.78, 5) is 17.7. The van der Waals surface area contributed by atoms with E-state index in [9.17, 15) is 17.6 Å². The molecule has 10 heteroatoms. The second-order valence-corrected chi connectivity index (χ2v) is 6.32. The molecule has 2 aromatic heterocycles. The van der Waals surface area contributed by atoms with Crippen LogP contribution >= 0.6 is 15.9 Å². The number of hydrogen-bond acceptors (Lipinski definition) is 5. The van der Waals surface area contributed by atoms with Crippen LogP contribution in [0, 0.1) is 5.82 Å². The van der Waals surface area contributed by atoms with Gasteiger partial charge in [-0.25, -0.2) is 19.2 Å². The molecule has 0 spiro atoms. The largest absolute Gasteiger partial charge is 0.476 e. The van der Waals surface area contributed by atoms with Gasteiger partial charge in [0.25, 0.3) is 10.0 Å². The molecular weight excluding hydrogens is 369 g/mol. The number of sulfonamides is 1. The number of halogens is 2. The summed E-state index contributed by atoms with van der Waals surface area (Å²) < 4.78 is 40.1. The van der Waals surface area contributed by atoms with Crippen molar-refractivity contribution < 1.29 is 22.7 Å². The van der Waals surface area contributed by atoms with E-state index in [1.807, 2.05) is 0 Å². The van der Waals surface area contributed by atoms with Crippen molar-refractivity contribution in [1.82, 2.24) is 9.97 Å². The predicted molar refractivity (Wildman–Crippen MR) is 73.9 cm³/mol. The third-order valence-corrected chi connectivity index (χ3v) is 4.04. The maximum absolute atomic E-state index is 13.4. The maximum Gasteiger partial charge on any atom is 0.357 e. The Labute approximate surface area is 127 Å². The van der Waals surface area contributed by atoms with Crippen LogP contribution in [0.1, 0.15) is 10.5 Å². The van der Waals surface area contributed by atoms with E-state index in [-0.39, 0.29) is 10.7 Å². The molecule has 0 aromatic carbocycles. The minimum atomic E-state index is -4.02. The van der Waals surface area contributed by atoms with Gasteiger partial charge in [0.1, 0.15) is 0 Å². The molecule has 0 saturated heterocycles. The lowest BCUT2D eigenvalue weighted by Gasteiger charge is -2.07. The summed E-state index contributed by atoms with van der Waals surface area (Å²) >= 11 is 3.12. The number of carboxylic acid groups (broad SMARTS) is 1. The predicted octanol–water partition coefficient (Wildman–Crippen LogP) is 1.88. The number of aromatic carboxylic acids is 1. The summed E-state index contributed by atoms with van der Waals surface area (Å²) in [5, 5.41) is 8.37. The zero-order chi connectivity index (χ0) is 15.6. The topological polar surface area (TPSA) is 109 Å². The van der Waals surface area contributed by atoms with E-state index in [4.69, 9.17) is 5.11 Å². The number of nitrogens with one attached hydrogen (secondary N) is 1. The Bertz CT molecular complexity index is 796. The van der Waals surface area contributed by atoms with Crippen LogP contribution in [0.15, 0.2) is 40.1 Å². The average Bonchev–Trinajstić information content (AvgIpc) is 2.38. The molecule has 21 heavy (non-hydrogen) atoms. The molecule has 0 bridgehead atoms. The summed E-state index contributed by atoms with van der Waals surface area (Å²) in [5.74, 6) is -2.69. The minimum Gasteiger partial charge on any atom is -0.476 e. The van der Waals surface area contributed by atoms with E-state index in [0.29, 0.717) is 4.47 Å². The number of aromatic nitrogens is 2. The molecule has 0 fully saturated rings. The number of anilines is 1. The van der Waals surface area contributed by atoms with Crippen molar-refractivity contribution in [1.29, 1.82) is 0 Å². The number of hydrogen-bond donors (Lipinski definition) is 2. The molecule has 7 nitrogen and oxygen atoms in total. The lowest BCUT2D eigenvalue weighted by molar-refractivity contribution is 0.0685. The fourth-order valence-electron chi connectivity index (χ4n) is 1.38. The molecule has 0 amide bonds. The zero-order valence-electron chi connectivity index (χ0n) is 10.1. The van der Waals surface area contributed by atoms with Gasteiger partial charge >= 0.3 is 5.97 Å². The van der Waals surface area contributed by atoms with Crippen molar-refractivity contribution in [3.8, 4) is 0 Å². The van der Waals surface area contributed by atoms with Gasteiger partial charge in [0.05, 0.1) is 11.9 Å². The molecule has 0 atom stereocenters. The van der Waals surface area contributed by atoms with Gasteiger partial charge in [-0.15, -0.1) is 0 Å². The summed E-state index contributed by atoms with van der Waals surface area (Å²) in [6.45, 7) is 0. The molecule has 2 aromatic rings. The number of rotatable bonds is 4. The SMILES string of the molecule is O=C(O)c1ncc(NS(=O)(=O)c2ccc(Br)cn2)cc1F. The van der Waals surface area contributed by atoms with Crippen molar-refractivity contribution in [2.45, 2.75) is 5.03 Å². The number of carboxylic acids is 1. The van der Waals surface area contributed by atoms with Crippen LogP contribution in [0.3, 0.4) is 0 Å². The van der Waals surface area contributed by atoms with Gasteiger partial charge in [-0.1, -0.05) is 0 Å². The molecule has 2 heterocycles. The van der Waals surface area contributed by atoms with Crippen molar-refractivity contribution in [3.05, 3.63) is 46.6 Å². The first-order chi connectivity index (χ1) is 9.79. The third kappa shape index (κ3) is 3.52. The zero-order valence-corrected chi connectivity index (χ0v) is 12.5. The van der Waals surface area contributed by atoms with Crippen molar-refractivity contribution in [2.75, 3.05) is 4.72 Å². The van der Waals surface area contributed by atoms with E-state index in [0.717, 1.165) is 12.3 Å². The number of pyridine rings is 2. The minimum absolute atomic E-state index is 0.206. The molecule has 0 radical (unpaired) electrons. The van der Waals surface area contributed by atoms with Crippen LogP contribution in [0.25, 0.3) is 0 Å². The van der Waals surface area contributed by atoms with Crippen molar-refractivity contribution in [2.24, 2.45) is 0 Å². The van der Waals surface area contributed by atoms with Gasteiger partial charge in [-0.3, -0.25) is 4.72 Å². The standard InChI is InChI=1S/C11H7BrFN3O4S/c12-6-1-2-9(14-4-6)21(19,20)16-7-3-8(13)10(11(17)18)15-5-7/h1-5,16H,(H,17,18). The maximum atomic E-state index is 13.4. The van der Waals surface area contributed by atoms with Gasteiger partial charge in [-0.05, 0) is 28.1 Å². The Balaban J connectivity index is 2.31. The molecule has 2 rings (SSSR count). The van der Waals surface area contributed by atoms with Gasteiger partial charge in [0, 0.05) is 16.7 Å². The number of nitrogens with zero attached hydrogens (tertiary/aromatic N) is 2. The fourth-order valence-corrected chi connectivity index (χ4v) is 2.58. The van der Waals surface area contributed by atoms with Crippen LogP contribution < -0.4 is 4.72 Å². The Hall–Kier alpha value is -2.07. The van der Waals surface area contributed by atoms with E-state index >= 15 is 0 Å². The first kappa shape index (κ1) is 15.3. The first-order valence-electron chi connectivity index (χ1n) is 5.33. The summed E-state index contributed by atoms with van der Waals surface area (Å²) in [7, 11) is -4.02. The van der Waals surface area contributed by atoms with Gasteiger partial charge < -0.3 is 5.11 Å². The molecule has 0 saturated carbocycles. The quantitative estimate of drug-likeness (QED) is 0.843.